The highest BCUT2D eigenvalue weighted by atomic mass is 19.1. The zero-order valence-corrected chi connectivity index (χ0v) is 5.16. The summed E-state index contributed by atoms with van der Waals surface area (Å²) in [4.78, 5) is 3.82. The summed E-state index contributed by atoms with van der Waals surface area (Å²) < 4.78 is 11.3. The summed E-state index contributed by atoms with van der Waals surface area (Å²) in [5, 5.41) is 3.14. The average molecular weight is 139 g/mol. The molecule has 0 aliphatic carbocycles. The van der Waals surface area contributed by atoms with Crippen molar-refractivity contribution in [2.75, 3.05) is 5.43 Å². The van der Waals surface area contributed by atoms with E-state index in [2.05, 4.69) is 15.5 Å². The van der Waals surface area contributed by atoms with E-state index in [4.69, 9.17) is 0 Å². The number of hydrogen-bond donors (Lipinski definition) is 1. The molecule has 1 rings (SSSR count). The first-order chi connectivity index (χ1) is 4.93. The smallest absolute Gasteiger partial charge is 0.195 e. The summed E-state index contributed by atoms with van der Waals surface area (Å²) in [6, 6.07) is 5.24. The van der Waals surface area contributed by atoms with E-state index in [1.165, 1.54) is 0 Å². The third-order valence-electron chi connectivity index (χ3n) is 0.893. The molecule has 0 aliphatic rings. The van der Waals surface area contributed by atoms with Gasteiger partial charge in [-0.25, -0.2) is 4.98 Å². The highest BCUT2D eigenvalue weighted by molar-refractivity contribution is 5.47. The summed E-state index contributed by atoms with van der Waals surface area (Å²) in [7, 11) is 0. The number of nitrogens with one attached hydrogen (secondary N) is 1. The summed E-state index contributed by atoms with van der Waals surface area (Å²) >= 11 is 0. The van der Waals surface area contributed by atoms with Crippen LogP contribution in [0.1, 0.15) is 0 Å². The van der Waals surface area contributed by atoms with Crippen molar-refractivity contribution in [1.82, 2.24) is 4.98 Å². The zero-order valence-electron chi connectivity index (χ0n) is 5.16. The second-order valence-corrected chi connectivity index (χ2v) is 1.55. The normalized spacial score (nSPS) is 10.1. The van der Waals surface area contributed by atoms with E-state index in [9.17, 15) is 4.39 Å². The Labute approximate surface area is 57.6 Å². The van der Waals surface area contributed by atoms with Gasteiger partial charge in [0.25, 0.3) is 0 Å². The largest absolute Gasteiger partial charge is 0.259 e. The number of nitrogens with zero attached hydrogens (tertiary/aromatic N) is 2. The molecule has 0 aliphatic heterocycles. The van der Waals surface area contributed by atoms with Gasteiger partial charge in [-0.3, -0.25) is 5.43 Å². The predicted octanol–water partition coefficient (Wildman–Crippen LogP) is 1.41. The van der Waals surface area contributed by atoms with Crippen LogP contribution in [0.5, 0.6) is 0 Å². The Morgan fingerprint density at radius 2 is 2.50 bits per heavy atom. The van der Waals surface area contributed by atoms with E-state index in [-0.39, 0.29) is 6.47 Å². The van der Waals surface area contributed by atoms with E-state index in [1.54, 1.807) is 24.4 Å². The minimum absolute atomic E-state index is 0.175. The van der Waals surface area contributed by atoms with Gasteiger partial charge in [-0.2, -0.15) is 9.49 Å². The first-order valence-corrected chi connectivity index (χ1v) is 2.72. The van der Waals surface area contributed by atoms with Crippen molar-refractivity contribution in [1.29, 1.82) is 0 Å². The molecule has 0 saturated heterocycles. The molecule has 1 aromatic rings. The Morgan fingerprint density at radius 1 is 1.60 bits per heavy atom. The summed E-state index contributed by atoms with van der Waals surface area (Å²) in [6.45, 7) is 0.175. The lowest BCUT2D eigenvalue weighted by molar-refractivity contribution is 0.836. The molecular weight excluding hydrogens is 133 g/mol. The lowest BCUT2D eigenvalue weighted by Gasteiger charge is -1.93. The summed E-state index contributed by atoms with van der Waals surface area (Å²) in [5.41, 5.74) is 2.38. The SMILES string of the molecule is F/C=N/Nc1ccccn1. The van der Waals surface area contributed by atoms with Crippen molar-refractivity contribution in [3.05, 3.63) is 24.4 Å². The number of hydrogen-bond acceptors (Lipinski definition) is 3. The highest BCUT2D eigenvalue weighted by Crippen LogP contribution is 1.97. The molecule has 0 bridgehead atoms. The van der Waals surface area contributed by atoms with Crippen LogP contribution < -0.4 is 5.43 Å². The van der Waals surface area contributed by atoms with Crippen LogP contribution in [0.25, 0.3) is 0 Å². The lowest BCUT2D eigenvalue weighted by Crippen LogP contribution is -1.89. The van der Waals surface area contributed by atoms with E-state index < -0.39 is 0 Å². The number of hydrazone groups is 1. The van der Waals surface area contributed by atoms with Gasteiger partial charge in [0.15, 0.2) is 6.47 Å². The maximum atomic E-state index is 11.3. The van der Waals surface area contributed by atoms with Crippen LogP contribution in [0.3, 0.4) is 0 Å². The Bertz CT molecular complexity index is 209. The number of rotatable bonds is 2. The summed E-state index contributed by atoms with van der Waals surface area (Å²) in [5.74, 6) is 0.524. The molecule has 0 radical (unpaired) electrons. The third kappa shape index (κ3) is 1.81. The molecule has 0 fully saturated rings. The minimum Gasteiger partial charge on any atom is -0.259 e. The van der Waals surface area contributed by atoms with Crippen LogP contribution in [0, 0.1) is 0 Å². The number of halogens is 1. The molecule has 3 nitrogen and oxygen atoms in total. The monoisotopic (exact) mass is 139 g/mol. The molecule has 0 spiro atoms. The minimum atomic E-state index is 0.175. The molecule has 1 N–H and O–H groups in total. The summed E-state index contributed by atoms with van der Waals surface area (Å²) in [6.07, 6.45) is 1.59. The van der Waals surface area contributed by atoms with Gasteiger partial charge in [0.05, 0.1) is 0 Å². The van der Waals surface area contributed by atoms with E-state index in [0.717, 1.165) is 0 Å². The van der Waals surface area contributed by atoms with Crippen LogP contribution in [0.2, 0.25) is 0 Å². The highest BCUT2D eigenvalue weighted by Gasteiger charge is 1.83. The van der Waals surface area contributed by atoms with E-state index in [1.807, 2.05) is 0 Å². The van der Waals surface area contributed by atoms with Crippen LogP contribution in [-0.2, 0) is 0 Å². The lowest BCUT2D eigenvalue weighted by atomic mass is 10.5. The van der Waals surface area contributed by atoms with E-state index in [0.29, 0.717) is 5.82 Å². The van der Waals surface area contributed by atoms with Gasteiger partial charge in [-0.1, -0.05) is 6.07 Å². The molecule has 0 saturated carbocycles. The van der Waals surface area contributed by atoms with Crippen molar-refractivity contribution >= 4 is 12.3 Å². The fourth-order valence-electron chi connectivity index (χ4n) is 0.519. The number of pyridine rings is 1. The molecule has 4 heteroatoms. The average Bonchev–Trinajstić information content (AvgIpc) is 2.03. The Morgan fingerprint density at radius 3 is 3.10 bits per heavy atom. The van der Waals surface area contributed by atoms with Crippen molar-refractivity contribution in [2.24, 2.45) is 5.10 Å². The first kappa shape index (κ1) is 6.67. The predicted molar refractivity (Wildman–Crippen MR) is 37.5 cm³/mol. The number of aromatic nitrogens is 1. The molecule has 0 amide bonds. The van der Waals surface area contributed by atoms with Crippen molar-refractivity contribution in [2.45, 2.75) is 0 Å². The molecule has 10 heavy (non-hydrogen) atoms. The van der Waals surface area contributed by atoms with Gasteiger partial charge in [-0.15, -0.1) is 0 Å². The molecule has 0 aromatic carbocycles. The molecular formula is C6H6FN3. The van der Waals surface area contributed by atoms with Crippen molar-refractivity contribution in [3.8, 4) is 0 Å². The molecule has 1 aromatic heterocycles. The second kappa shape index (κ2) is 3.55. The maximum Gasteiger partial charge on any atom is 0.195 e. The Balaban J connectivity index is 2.59. The van der Waals surface area contributed by atoms with Gasteiger partial charge >= 0.3 is 0 Å². The fourth-order valence-corrected chi connectivity index (χ4v) is 0.519. The second-order valence-electron chi connectivity index (χ2n) is 1.55. The van der Waals surface area contributed by atoms with Gasteiger partial charge in [0, 0.05) is 6.20 Å². The molecule has 0 unspecified atom stereocenters. The van der Waals surface area contributed by atoms with Crippen LogP contribution in [0.4, 0.5) is 10.2 Å². The van der Waals surface area contributed by atoms with Gasteiger partial charge in [-0.05, 0) is 12.1 Å². The van der Waals surface area contributed by atoms with Crippen LogP contribution in [0.15, 0.2) is 29.5 Å². The van der Waals surface area contributed by atoms with Crippen molar-refractivity contribution in [3.63, 3.8) is 0 Å². The number of anilines is 1. The fraction of sp³-hybridized carbons (Fsp3) is 0. The molecule has 0 atom stereocenters. The van der Waals surface area contributed by atoms with Crippen LogP contribution in [-0.4, -0.2) is 11.5 Å². The van der Waals surface area contributed by atoms with Crippen molar-refractivity contribution < 1.29 is 4.39 Å². The van der Waals surface area contributed by atoms with Gasteiger partial charge < -0.3 is 0 Å². The van der Waals surface area contributed by atoms with E-state index >= 15 is 0 Å². The zero-order chi connectivity index (χ0) is 7.23. The molecule has 52 valence electrons. The van der Waals surface area contributed by atoms with Gasteiger partial charge in [0.1, 0.15) is 5.82 Å². The standard InChI is InChI=1S/C6H6FN3/c7-5-9-10-6-3-1-2-4-8-6/h1-5H,(H,8,10)/b9-5+. The third-order valence-corrected chi connectivity index (χ3v) is 0.893. The maximum absolute atomic E-state index is 11.3. The Kier molecular flexibility index (Phi) is 2.37. The van der Waals surface area contributed by atoms with Crippen LogP contribution >= 0.6 is 0 Å². The first-order valence-electron chi connectivity index (χ1n) is 2.72. The topological polar surface area (TPSA) is 37.3 Å². The molecule has 1 heterocycles. The quantitative estimate of drug-likeness (QED) is 0.496. The van der Waals surface area contributed by atoms with Gasteiger partial charge in [0.2, 0.25) is 0 Å². The Hall–Kier alpha value is -1.45.